The summed E-state index contributed by atoms with van der Waals surface area (Å²) in [5.41, 5.74) is 9.07. The van der Waals surface area contributed by atoms with Gasteiger partial charge in [0, 0.05) is 6.54 Å². The third kappa shape index (κ3) is 3.59. The third-order valence-electron chi connectivity index (χ3n) is 3.15. The number of ether oxygens (including phenoxy) is 1. The van der Waals surface area contributed by atoms with Crippen LogP contribution in [0.15, 0.2) is 48.5 Å². The van der Waals surface area contributed by atoms with Crippen LogP contribution >= 0.6 is 0 Å². The molecular formula is C17H18N2O. The normalized spacial score (nSPS) is 11.7. The van der Waals surface area contributed by atoms with Crippen LogP contribution in [0.3, 0.4) is 0 Å². The van der Waals surface area contributed by atoms with Crippen molar-refractivity contribution in [3.8, 4) is 11.8 Å². The summed E-state index contributed by atoms with van der Waals surface area (Å²) in [4.78, 5) is 0. The Bertz CT molecular complexity index is 582. The van der Waals surface area contributed by atoms with E-state index in [-0.39, 0.29) is 6.10 Å². The molecule has 0 amide bonds. The fourth-order valence-electron chi connectivity index (χ4n) is 1.97. The fraction of sp³-hybridized carbons (Fsp3) is 0.235. The van der Waals surface area contributed by atoms with Crippen molar-refractivity contribution in [3.63, 3.8) is 0 Å². The Balaban J connectivity index is 2.10. The van der Waals surface area contributed by atoms with E-state index >= 15 is 0 Å². The van der Waals surface area contributed by atoms with E-state index in [1.165, 1.54) is 5.56 Å². The Labute approximate surface area is 119 Å². The number of hydrogen-bond acceptors (Lipinski definition) is 3. The van der Waals surface area contributed by atoms with Gasteiger partial charge in [-0.2, -0.15) is 5.26 Å². The number of rotatable bonds is 5. The average Bonchev–Trinajstić information content (AvgIpc) is 2.48. The SMILES string of the molecule is Cc1ccc(C(CN)Oc2ccc(CC#N)cc2)cc1. The summed E-state index contributed by atoms with van der Waals surface area (Å²) >= 11 is 0. The predicted molar refractivity (Wildman–Crippen MR) is 79.4 cm³/mol. The zero-order valence-electron chi connectivity index (χ0n) is 11.5. The van der Waals surface area contributed by atoms with Crippen LogP contribution in [0.2, 0.25) is 0 Å². The van der Waals surface area contributed by atoms with Crippen molar-refractivity contribution in [2.75, 3.05) is 6.54 Å². The zero-order chi connectivity index (χ0) is 14.4. The fourth-order valence-corrected chi connectivity index (χ4v) is 1.97. The Morgan fingerprint density at radius 3 is 2.30 bits per heavy atom. The van der Waals surface area contributed by atoms with E-state index in [1.807, 2.05) is 36.4 Å². The standard InChI is InChI=1S/C17H18N2O/c1-13-2-6-15(7-3-13)17(12-19)20-16-8-4-14(5-9-16)10-11-18/h2-9,17H,10,12,19H2,1H3. The van der Waals surface area contributed by atoms with Crippen LogP contribution in [0.1, 0.15) is 22.8 Å². The number of aryl methyl sites for hydroxylation is 1. The molecule has 0 aliphatic rings. The molecule has 2 aromatic rings. The highest BCUT2D eigenvalue weighted by atomic mass is 16.5. The first-order valence-corrected chi connectivity index (χ1v) is 6.62. The first-order valence-electron chi connectivity index (χ1n) is 6.62. The number of nitriles is 1. The van der Waals surface area contributed by atoms with Gasteiger partial charge in [-0.1, -0.05) is 42.0 Å². The maximum atomic E-state index is 8.65. The van der Waals surface area contributed by atoms with Crippen LogP contribution in [0, 0.1) is 18.3 Å². The number of nitrogens with zero attached hydrogens (tertiary/aromatic N) is 1. The molecule has 0 heterocycles. The van der Waals surface area contributed by atoms with E-state index in [4.69, 9.17) is 15.7 Å². The summed E-state index contributed by atoms with van der Waals surface area (Å²) in [6, 6.07) is 17.9. The molecule has 0 fully saturated rings. The molecule has 0 aliphatic carbocycles. The van der Waals surface area contributed by atoms with Gasteiger partial charge in [-0.05, 0) is 30.2 Å². The first kappa shape index (κ1) is 14.1. The molecule has 0 radical (unpaired) electrons. The van der Waals surface area contributed by atoms with Crippen molar-refractivity contribution in [2.45, 2.75) is 19.4 Å². The molecule has 2 N–H and O–H groups in total. The van der Waals surface area contributed by atoms with Crippen LogP contribution < -0.4 is 10.5 Å². The Morgan fingerprint density at radius 2 is 1.75 bits per heavy atom. The van der Waals surface area contributed by atoms with Gasteiger partial charge in [-0.25, -0.2) is 0 Å². The second-order valence-corrected chi connectivity index (χ2v) is 4.73. The van der Waals surface area contributed by atoms with Crippen LogP contribution in [0.25, 0.3) is 0 Å². The number of benzene rings is 2. The highest BCUT2D eigenvalue weighted by Gasteiger charge is 2.11. The monoisotopic (exact) mass is 266 g/mol. The second-order valence-electron chi connectivity index (χ2n) is 4.73. The van der Waals surface area contributed by atoms with Crippen LogP contribution in [0.4, 0.5) is 0 Å². The smallest absolute Gasteiger partial charge is 0.136 e. The largest absolute Gasteiger partial charge is 0.484 e. The van der Waals surface area contributed by atoms with Gasteiger partial charge in [-0.3, -0.25) is 0 Å². The molecule has 1 unspecified atom stereocenters. The molecular weight excluding hydrogens is 248 g/mol. The molecule has 0 saturated carbocycles. The van der Waals surface area contributed by atoms with E-state index in [1.54, 1.807) is 0 Å². The Kier molecular flexibility index (Phi) is 4.75. The summed E-state index contributed by atoms with van der Waals surface area (Å²) in [5.74, 6) is 0.766. The maximum absolute atomic E-state index is 8.65. The summed E-state index contributed by atoms with van der Waals surface area (Å²) in [6.45, 7) is 2.47. The Hall–Kier alpha value is -2.31. The topological polar surface area (TPSA) is 59.0 Å². The Morgan fingerprint density at radius 1 is 1.10 bits per heavy atom. The van der Waals surface area contributed by atoms with Crippen molar-refractivity contribution in [2.24, 2.45) is 5.73 Å². The number of nitrogens with two attached hydrogens (primary N) is 1. The lowest BCUT2D eigenvalue weighted by Gasteiger charge is -2.18. The van der Waals surface area contributed by atoms with Gasteiger partial charge in [0.05, 0.1) is 12.5 Å². The summed E-state index contributed by atoms with van der Waals surface area (Å²) in [6.07, 6.45) is 0.260. The van der Waals surface area contributed by atoms with E-state index in [0.717, 1.165) is 16.9 Å². The minimum atomic E-state index is -0.155. The van der Waals surface area contributed by atoms with Gasteiger partial charge in [-0.15, -0.1) is 0 Å². The molecule has 2 rings (SSSR count). The van der Waals surface area contributed by atoms with Crippen molar-refractivity contribution in [1.29, 1.82) is 5.26 Å². The first-order chi connectivity index (χ1) is 9.72. The highest BCUT2D eigenvalue weighted by molar-refractivity contribution is 5.30. The van der Waals surface area contributed by atoms with Gasteiger partial charge in [0.25, 0.3) is 0 Å². The van der Waals surface area contributed by atoms with Gasteiger partial charge < -0.3 is 10.5 Å². The summed E-state index contributed by atoms with van der Waals surface area (Å²) < 4.78 is 5.91. The van der Waals surface area contributed by atoms with Crippen LogP contribution in [0.5, 0.6) is 5.75 Å². The minimum absolute atomic E-state index is 0.155. The molecule has 0 spiro atoms. The predicted octanol–water partition coefficient (Wildman–Crippen LogP) is 3.14. The molecule has 0 bridgehead atoms. The lowest BCUT2D eigenvalue weighted by Crippen LogP contribution is -2.18. The van der Waals surface area contributed by atoms with Gasteiger partial charge in [0.1, 0.15) is 11.9 Å². The minimum Gasteiger partial charge on any atom is -0.484 e. The zero-order valence-corrected chi connectivity index (χ0v) is 11.5. The molecule has 3 heteroatoms. The molecule has 102 valence electrons. The third-order valence-corrected chi connectivity index (χ3v) is 3.15. The van der Waals surface area contributed by atoms with E-state index in [9.17, 15) is 0 Å². The lowest BCUT2D eigenvalue weighted by molar-refractivity contribution is 0.214. The molecule has 3 nitrogen and oxygen atoms in total. The van der Waals surface area contributed by atoms with Gasteiger partial charge >= 0.3 is 0 Å². The van der Waals surface area contributed by atoms with Crippen molar-refractivity contribution < 1.29 is 4.74 Å². The average molecular weight is 266 g/mol. The lowest BCUT2D eigenvalue weighted by atomic mass is 10.1. The van der Waals surface area contributed by atoms with Crippen molar-refractivity contribution in [1.82, 2.24) is 0 Å². The molecule has 0 aliphatic heterocycles. The van der Waals surface area contributed by atoms with E-state index < -0.39 is 0 Å². The molecule has 0 aromatic heterocycles. The summed E-state index contributed by atoms with van der Waals surface area (Å²) in [5, 5.41) is 8.65. The van der Waals surface area contributed by atoms with Crippen LogP contribution in [-0.2, 0) is 6.42 Å². The van der Waals surface area contributed by atoms with Crippen LogP contribution in [-0.4, -0.2) is 6.54 Å². The van der Waals surface area contributed by atoms with Gasteiger partial charge in [0.15, 0.2) is 0 Å². The number of hydrogen-bond donors (Lipinski definition) is 1. The molecule has 0 saturated heterocycles. The van der Waals surface area contributed by atoms with Crippen molar-refractivity contribution in [3.05, 3.63) is 65.2 Å². The van der Waals surface area contributed by atoms with E-state index in [2.05, 4.69) is 25.1 Å². The summed E-state index contributed by atoms with van der Waals surface area (Å²) in [7, 11) is 0. The quantitative estimate of drug-likeness (QED) is 0.904. The second kappa shape index (κ2) is 6.74. The molecule has 1 atom stereocenters. The van der Waals surface area contributed by atoms with Crippen molar-refractivity contribution >= 4 is 0 Å². The maximum Gasteiger partial charge on any atom is 0.136 e. The highest BCUT2D eigenvalue weighted by Crippen LogP contribution is 2.22. The molecule has 20 heavy (non-hydrogen) atoms. The molecule has 2 aromatic carbocycles. The van der Waals surface area contributed by atoms with E-state index in [0.29, 0.717) is 13.0 Å². The van der Waals surface area contributed by atoms with Gasteiger partial charge in [0.2, 0.25) is 0 Å².